The van der Waals surface area contributed by atoms with E-state index in [4.69, 9.17) is 10.5 Å². The van der Waals surface area contributed by atoms with Crippen LogP contribution < -0.4 is 10.5 Å². The van der Waals surface area contributed by atoms with Crippen molar-refractivity contribution in [1.82, 2.24) is 4.90 Å². The molecule has 0 atom stereocenters. The molecular weight excluding hydrogens is 240 g/mol. The van der Waals surface area contributed by atoms with Crippen molar-refractivity contribution >= 4 is 5.91 Å². The van der Waals surface area contributed by atoms with Crippen LogP contribution in [0.1, 0.15) is 28.8 Å². The van der Waals surface area contributed by atoms with Gasteiger partial charge in [0.1, 0.15) is 5.75 Å². The second kappa shape index (κ2) is 5.61. The molecule has 0 heterocycles. The van der Waals surface area contributed by atoms with Gasteiger partial charge in [0.15, 0.2) is 0 Å². The Labute approximate surface area is 114 Å². The van der Waals surface area contributed by atoms with Crippen LogP contribution in [-0.4, -0.2) is 37.6 Å². The van der Waals surface area contributed by atoms with Crippen LogP contribution in [-0.2, 0) is 0 Å². The molecule has 1 aliphatic rings. The van der Waals surface area contributed by atoms with Gasteiger partial charge in [-0.1, -0.05) is 6.07 Å². The fraction of sp³-hybridized carbons (Fsp3) is 0.533. The van der Waals surface area contributed by atoms with Gasteiger partial charge in [0.25, 0.3) is 5.91 Å². The Bertz CT molecular complexity index is 467. The lowest BCUT2D eigenvalue weighted by Gasteiger charge is -2.35. The van der Waals surface area contributed by atoms with Crippen LogP contribution in [0.2, 0.25) is 0 Å². The molecule has 1 aromatic rings. The van der Waals surface area contributed by atoms with E-state index < -0.39 is 0 Å². The van der Waals surface area contributed by atoms with Gasteiger partial charge in [-0.05, 0) is 43.4 Å². The molecule has 0 unspecified atom stereocenters. The summed E-state index contributed by atoms with van der Waals surface area (Å²) >= 11 is 0. The van der Waals surface area contributed by atoms with Crippen molar-refractivity contribution in [2.45, 2.75) is 25.8 Å². The van der Waals surface area contributed by atoms with Crippen molar-refractivity contribution in [3.05, 3.63) is 29.3 Å². The highest BCUT2D eigenvalue weighted by molar-refractivity contribution is 5.94. The van der Waals surface area contributed by atoms with Crippen LogP contribution in [0.3, 0.4) is 0 Å². The van der Waals surface area contributed by atoms with E-state index in [9.17, 15) is 4.79 Å². The lowest BCUT2D eigenvalue weighted by molar-refractivity contribution is 0.0734. The SMILES string of the molecule is COc1cc(C(=O)N(C)CC2CC(N)C2)ccc1C. The molecule has 0 spiro atoms. The number of methoxy groups -OCH3 is 1. The van der Waals surface area contributed by atoms with E-state index >= 15 is 0 Å². The summed E-state index contributed by atoms with van der Waals surface area (Å²) in [4.78, 5) is 14.1. The largest absolute Gasteiger partial charge is 0.496 e. The Morgan fingerprint density at radius 3 is 2.74 bits per heavy atom. The quantitative estimate of drug-likeness (QED) is 0.900. The first-order valence-corrected chi connectivity index (χ1v) is 6.67. The molecular formula is C15H22N2O2. The third-order valence-electron chi connectivity index (χ3n) is 3.81. The monoisotopic (exact) mass is 262 g/mol. The Balaban J connectivity index is 2.02. The zero-order valence-electron chi connectivity index (χ0n) is 11.8. The molecule has 0 saturated heterocycles. The molecule has 1 amide bonds. The van der Waals surface area contributed by atoms with Gasteiger partial charge in [0, 0.05) is 25.2 Å². The number of amides is 1. The van der Waals surface area contributed by atoms with Crippen LogP contribution in [0.5, 0.6) is 5.75 Å². The minimum atomic E-state index is 0.0405. The molecule has 4 nitrogen and oxygen atoms in total. The number of aryl methyl sites for hydroxylation is 1. The maximum Gasteiger partial charge on any atom is 0.253 e. The number of carbonyl (C=O) groups excluding carboxylic acids is 1. The molecule has 104 valence electrons. The Morgan fingerprint density at radius 2 is 2.16 bits per heavy atom. The van der Waals surface area contributed by atoms with E-state index in [0.29, 0.717) is 17.5 Å². The Hall–Kier alpha value is -1.55. The molecule has 2 rings (SSSR count). The van der Waals surface area contributed by atoms with Crippen molar-refractivity contribution < 1.29 is 9.53 Å². The first-order valence-electron chi connectivity index (χ1n) is 6.67. The number of hydrogen-bond acceptors (Lipinski definition) is 3. The molecule has 0 radical (unpaired) electrons. The lowest BCUT2D eigenvalue weighted by atomic mass is 9.80. The second-order valence-corrected chi connectivity index (χ2v) is 5.47. The van der Waals surface area contributed by atoms with Crippen molar-refractivity contribution in [3.8, 4) is 5.75 Å². The number of benzene rings is 1. The summed E-state index contributed by atoms with van der Waals surface area (Å²) in [6, 6.07) is 5.90. The Kier molecular flexibility index (Phi) is 4.10. The van der Waals surface area contributed by atoms with E-state index in [-0.39, 0.29) is 5.91 Å². The molecule has 1 aromatic carbocycles. The first-order chi connectivity index (χ1) is 9.01. The van der Waals surface area contributed by atoms with Crippen LogP contribution in [0.15, 0.2) is 18.2 Å². The molecule has 1 aliphatic carbocycles. The predicted octanol–water partition coefficient (Wildman–Crippen LogP) is 1.81. The van der Waals surface area contributed by atoms with E-state index in [1.165, 1.54) is 0 Å². The van der Waals surface area contributed by atoms with Gasteiger partial charge < -0.3 is 15.4 Å². The van der Waals surface area contributed by atoms with Gasteiger partial charge >= 0.3 is 0 Å². The molecule has 0 aromatic heterocycles. The molecule has 0 bridgehead atoms. The third kappa shape index (κ3) is 3.07. The summed E-state index contributed by atoms with van der Waals surface area (Å²) in [5, 5.41) is 0. The maximum absolute atomic E-state index is 12.3. The number of ether oxygens (including phenoxy) is 1. The predicted molar refractivity (Wildman–Crippen MR) is 75.4 cm³/mol. The van der Waals surface area contributed by atoms with Gasteiger partial charge in [-0.2, -0.15) is 0 Å². The zero-order chi connectivity index (χ0) is 14.0. The van der Waals surface area contributed by atoms with E-state index in [1.807, 2.05) is 26.1 Å². The number of hydrogen-bond donors (Lipinski definition) is 1. The van der Waals surface area contributed by atoms with Gasteiger partial charge in [-0.3, -0.25) is 4.79 Å². The normalized spacial score (nSPS) is 21.7. The van der Waals surface area contributed by atoms with Gasteiger partial charge in [0.05, 0.1) is 7.11 Å². The second-order valence-electron chi connectivity index (χ2n) is 5.47. The number of nitrogens with two attached hydrogens (primary N) is 1. The van der Waals surface area contributed by atoms with Gasteiger partial charge in [0.2, 0.25) is 0 Å². The standard InChI is InChI=1S/C15H22N2O2/c1-10-4-5-12(8-14(10)19-3)15(18)17(2)9-11-6-13(16)7-11/h4-5,8,11,13H,6-7,9,16H2,1-3H3. The first kappa shape index (κ1) is 13.9. The lowest BCUT2D eigenvalue weighted by Crippen LogP contribution is -2.43. The van der Waals surface area contributed by atoms with E-state index in [2.05, 4.69) is 0 Å². The fourth-order valence-corrected chi connectivity index (χ4v) is 2.58. The van der Waals surface area contributed by atoms with Crippen molar-refractivity contribution in [2.24, 2.45) is 11.7 Å². The maximum atomic E-state index is 12.3. The topological polar surface area (TPSA) is 55.6 Å². The average Bonchev–Trinajstić information content (AvgIpc) is 2.36. The van der Waals surface area contributed by atoms with Crippen molar-refractivity contribution in [1.29, 1.82) is 0 Å². The summed E-state index contributed by atoms with van der Waals surface area (Å²) in [5.74, 6) is 1.35. The summed E-state index contributed by atoms with van der Waals surface area (Å²) in [7, 11) is 3.47. The smallest absolute Gasteiger partial charge is 0.253 e. The van der Waals surface area contributed by atoms with Gasteiger partial charge in [-0.15, -0.1) is 0 Å². The number of rotatable bonds is 4. The van der Waals surface area contributed by atoms with Crippen molar-refractivity contribution in [2.75, 3.05) is 20.7 Å². The van der Waals surface area contributed by atoms with E-state index in [0.717, 1.165) is 30.7 Å². The zero-order valence-corrected chi connectivity index (χ0v) is 11.8. The van der Waals surface area contributed by atoms with Crippen LogP contribution >= 0.6 is 0 Å². The summed E-state index contributed by atoms with van der Waals surface area (Å²) in [5.41, 5.74) is 7.47. The highest BCUT2D eigenvalue weighted by Gasteiger charge is 2.28. The fourth-order valence-electron chi connectivity index (χ4n) is 2.58. The highest BCUT2D eigenvalue weighted by Crippen LogP contribution is 2.27. The summed E-state index contributed by atoms with van der Waals surface area (Å²) in [6.07, 6.45) is 2.05. The molecule has 19 heavy (non-hydrogen) atoms. The molecule has 0 aliphatic heterocycles. The Morgan fingerprint density at radius 1 is 1.47 bits per heavy atom. The average molecular weight is 262 g/mol. The molecule has 1 fully saturated rings. The highest BCUT2D eigenvalue weighted by atomic mass is 16.5. The number of carbonyl (C=O) groups is 1. The minimum absolute atomic E-state index is 0.0405. The molecule has 2 N–H and O–H groups in total. The number of nitrogens with zero attached hydrogens (tertiary/aromatic N) is 1. The molecule has 1 saturated carbocycles. The van der Waals surface area contributed by atoms with Gasteiger partial charge in [-0.25, -0.2) is 0 Å². The minimum Gasteiger partial charge on any atom is -0.496 e. The van der Waals surface area contributed by atoms with Crippen molar-refractivity contribution in [3.63, 3.8) is 0 Å². The van der Waals surface area contributed by atoms with Crippen LogP contribution in [0.25, 0.3) is 0 Å². The third-order valence-corrected chi connectivity index (χ3v) is 3.81. The van der Waals surface area contributed by atoms with Crippen LogP contribution in [0.4, 0.5) is 0 Å². The summed E-state index contributed by atoms with van der Waals surface area (Å²) < 4.78 is 5.26. The van der Waals surface area contributed by atoms with Crippen LogP contribution in [0, 0.1) is 12.8 Å². The van der Waals surface area contributed by atoms with E-state index in [1.54, 1.807) is 18.1 Å². The summed E-state index contributed by atoms with van der Waals surface area (Å²) in [6.45, 7) is 2.75. The molecule has 4 heteroatoms.